The standard InChI is InChI=1S/C13H8ClFO3S/c14-10-4-1-2-6-13(10)19(17,18)12-7-3-5-11(15)9(12)8-16/h1-8H. The van der Waals surface area contributed by atoms with Gasteiger partial charge in [-0.1, -0.05) is 29.8 Å². The Morgan fingerprint density at radius 3 is 2.26 bits per heavy atom. The molecule has 2 aromatic rings. The Hall–Kier alpha value is -1.72. The van der Waals surface area contributed by atoms with E-state index < -0.39 is 26.1 Å². The van der Waals surface area contributed by atoms with E-state index in [2.05, 4.69) is 0 Å². The number of halogens is 2. The molecule has 0 aliphatic rings. The van der Waals surface area contributed by atoms with E-state index in [1.54, 1.807) is 6.07 Å². The third-order valence-electron chi connectivity index (χ3n) is 2.55. The second-order valence-electron chi connectivity index (χ2n) is 3.70. The molecule has 0 atom stereocenters. The van der Waals surface area contributed by atoms with Crippen LogP contribution in [0.25, 0.3) is 0 Å². The number of hydrogen-bond acceptors (Lipinski definition) is 3. The van der Waals surface area contributed by atoms with Crippen LogP contribution < -0.4 is 0 Å². The number of benzene rings is 2. The van der Waals surface area contributed by atoms with Crippen LogP contribution in [0.4, 0.5) is 4.39 Å². The van der Waals surface area contributed by atoms with Gasteiger partial charge in [0.1, 0.15) is 5.82 Å². The van der Waals surface area contributed by atoms with Crippen LogP contribution >= 0.6 is 11.6 Å². The zero-order chi connectivity index (χ0) is 14.0. The number of carbonyl (C=O) groups is 1. The molecule has 98 valence electrons. The third kappa shape index (κ3) is 2.39. The molecule has 19 heavy (non-hydrogen) atoms. The van der Waals surface area contributed by atoms with Crippen molar-refractivity contribution < 1.29 is 17.6 Å². The molecular formula is C13H8ClFO3S. The van der Waals surface area contributed by atoms with Gasteiger partial charge in [-0.2, -0.15) is 0 Å². The molecule has 0 bridgehead atoms. The quantitative estimate of drug-likeness (QED) is 0.818. The van der Waals surface area contributed by atoms with E-state index in [1.165, 1.54) is 30.3 Å². The predicted molar refractivity (Wildman–Crippen MR) is 68.7 cm³/mol. The summed E-state index contributed by atoms with van der Waals surface area (Å²) in [6, 6.07) is 9.21. The molecule has 0 aromatic heterocycles. The summed E-state index contributed by atoms with van der Waals surface area (Å²) in [5, 5.41) is 0.0172. The average molecular weight is 299 g/mol. The van der Waals surface area contributed by atoms with E-state index in [4.69, 9.17) is 11.6 Å². The Kier molecular flexibility index (Phi) is 3.68. The zero-order valence-corrected chi connectivity index (χ0v) is 11.1. The summed E-state index contributed by atoms with van der Waals surface area (Å²) in [6.07, 6.45) is 0.180. The highest BCUT2D eigenvalue weighted by Gasteiger charge is 2.25. The number of sulfone groups is 1. The first-order valence-corrected chi connectivity index (χ1v) is 7.08. The van der Waals surface area contributed by atoms with Crippen LogP contribution in [0.15, 0.2) is 52.3 Å². The Morgan fingerprint density at radius 2 is 1.63 bits per heavy atom. The van der Waals surface area contributed by atoms with Gasteiger partial charge in [0.2, 0.25) is 9.84 Å². The molecule has 0 aliphatic heterocycles. The summed E-state index contributed by atoms with van der Waals surface area (Å²) in [6.45, 7) is 0. The molecule has 2 aromatic carbocycles. The van der Waals surface area contributed by atoms with Gasteiger partial charge in [0.25, 0.3) is 0 Å². The number of carbonyl (C=O) groups excluding carboxylic acids is 1. The van der Waals surface area contributed by atoms with Crippen molar-refractivity contribution in [1.82, 2.24) is 0 Å². The van der Waals surface area contributed by atoms with Crippen molar-refractivity contribution in [2.24, 2.45) is 0 Å². The molecule has 0 fully saturated rings. The maximum absolute atomic E-state index is 13.5. The third-order valence-corrected chi connectivity index (χ3v) is 4.86. The van der Waals surface area contributed by atoms with Crippen LogP contribution in [0.1, 0.15) is 10.4 Å². The molecule has 0 aliphatic carbocycles. The van der Waals surface area contributed by atoms with Gasteiger partial charge in [0.05, 0.1) is 20.4 Å². The van der Waals surface area contributed by atoms with E-state index in [-0.39, 0.29) is 16.2 Å². The minimum atomic E-state index is -4.04. The lowest BCUT2D eigenvalue weighted by atomic mass is 10.2. The van der Waals surface area contributed by atoms with Crippen LogP contribution in [0.2, 0.25) is 5.02 Å². The van der Waals surface area contributed by atoms with E-state index in [0.717, 1.165) is 6.07 Å². The summed E-state index contributed by atoms with van der Waals surface area (Å²) >= 11 is 5.83. The van der Waals surface area contributed by atoms with Crippen LogP contribution in [0, 0.1) is 5.82 Å². The minimum Gasteiger partial charge on any atom is -0.298 e. The minimum absolute atomic E-state index is 0.0172. The Labute approximate surface area is 114 Å². The van der Waals surface area contributed by atoms with E-state index in [0.29, 0.717) is 0 Å². The number of aldehydes is 1. The van der Waals surface area contributed by atoms with Crippen molar-refractivity contribution in [2.75, 3.05) is 0 Å². The molecule has 0 spiro atoms. The number of rotatable bonds is 3. The second kappa shape index (κ2) is 5.11. The van der Waals surface area contributed by atoms with Gasteiger partial charge < -0.3 is 0 Å². The fourth-order valence-corrected chi connectivity index (χ4v) is 3.60. The van der Waals surface area contributed by atoms with E-state index in [1.807, 2.05) is 0 Å². The number of hydrogen-bond donors (Lipinski definition) is 0. The lowest BCUT2D eigenvalue weighted by Gasteiger charge is -2.08. The molecule has 0 N–H and O–H groups in total. The highest BCUT2D eigenvalue weighted by molar-refractivity contribution is 7.91. The molecule has 0 radical (unpaired) electrons. The van der Waals surface area contributed by atoms with Gasteiger partial charge in [-0.25, -0.2) is 12.8 Å². The fourth-order valence-electron chi connectivity index (χ4n) is 1.65. The van der Waals surface area contributed by atoms with Gasteiger partial charge in [0.15, 0.2) is 6.29 Å². The first-order chi connectivity index (χ1) is 8.98. The molecule has 3 nitrogen and oxygen atoms in total. The average Bonchev–Trinajstić information content (AvgIpc) is 2.38. The molecule has 2 rings (SSSR count). The van der Waals surface area contributed by atoms with Crippen molar-refractivity contribution in [3.63, 3.8) is 0 Å². The van der Waals surface area contributed by atoms with Gasteiger partial charge >= 0.3 is 0 Å². The van der Waals surface area contributed by atoms with Crippen LogP contribution in [-0.4, -0.2) is 14.7 Å². The summed E-state index contributed by atoms with van der Waals surface area (Å²) < 4.78 is 38.2. The lowest BCUT2D eigenvalue weighted by molar-refractivity contribution is 0.111. The van der Waals surface area contributed by atoms with Crippen molar-refractivity contribution in [3.8, 4) is 0 Å². The van der Waals surface area contributed by atoms with Crippen LogP contribution in [0.3, 0.4) is 0 Å². The van der Waals surface area contributed by atoms with Gasteiger partial charge in [-0.3, -0.25) is 4.79 Å². The normalized spacial score (nSPS) is 11.3. The Bertz CT molecular complexity index is 741. The monoisotopic (exact) mass is 298 g/mol. The molecular weight excluding hydrogens is 291 g/mol. The SMILES string of the molecule is O=Cc1c(F)cccc1S(=O)(=O)c1ccccc1Cl. The topological polar surface area (TPSA) is 51.2 Å². The van der Waals surface area contributed by atoms with Crippen LogP contribution in [0.5, 0.6) is 0 Å². The van der Waals surface area contributed by atoms with Crippen molar-refractivity contribution in [3.05, 3.63) is 58.9 Å². The first kappa shape index (κ1) is 13.7. The highest BCUT2D eigenvalue weighted by atomic mass is 35.5. The van der Waals surface area contributed by atoms with Gasteiger partial charge in [0, 0.05) is 0 Å². The maximum atomic E-state index is 13.5. The lowest BCUT2D eigenvalue weighted by Crippen LogP contribution is -2.07. The van der Waals surface area contributed by atoms with Gasteiger partial charge in [-0.15, -0.1) is 0 Å². The molecule has 0 saturated heterocycles. The summed E-state index contributed by atoms with van der Waals surface area (Å²) in [5.74, 6) is -0.886. The summed E-state index contributed by atoms with van der Waals surface area (Å²) in [5.41, 5.74) is -0.498. The summed E-state index contributed by atoms with van der Waals surface area (Å²) in [7, 11) is -4.04. The molecule has 6 heteroatoms. The molecule has 0 amide bonds. The predicted octanol–water partition coefficient (Wildman–Crippen LogP) is 3.12. The Morgan fingerprint density at radius 1 is 1.00 bits per heavy atom. The van der Waals surface area contributed by atoms with Crippen molar-refractivity contribution >= 4 is 27.7 Å². The van der Waals surface area contributed by atoms with Crippen molar-refractivity contribution in [2.45, 2.75) is 9.79 Å². The maximum Gasteiger partial charge on any atom is 0.208 e. The van der Waals surface area contributed by atoms with E-state index >= 15 is 0 Å². The Balaban J connectivity index is 2.75. The summed E-state index contributed by atoms with van der Waals surface area (Å²) in [4.78, 5) is 10.3. The largest absolute Gasteiger partial charge is 0.298 e. The second-order valence-corrected chi connectivity index (χ2v) is 6.00. The van der Waals surface area contributed by atoms with Crippen molar-refractivity contribution in [1.29, 1.82) is 0 Å². The molecule has 0 unspecified atom stereocenters. The first-order valence-electron chi connectivity index (χ1n) is 5.22. The molecule has 0 saturated carbocycles. The fraction of sp³-hybridized carbons (Fsp3) is 0. The van der Waals surface area contributed by atoms with E-state index in [9.17, 15) is 17.6 Å². The van der Waals surface area contributed by atoms with Gasteiger partial charge in [-0.05, 0) is 24.3 Å². The smallest absolute Gasteiger partial charge is 0.208 e. The zero-order valence-electron chi connectivity index (χ0n) is 9.51. The highest BCUT2D eigenvalue weighted by Crippen LogP contribution is 2.29. The van der Waals surface area contributed by atoms with Crippen LogP contribution in [-0.2, 0) is 9.84 Å². The molecule has 0 heterocycles.